The number of hydrogen-bond acceptors (Lipinski definition) is 2. The summed E-state index contributed by atoms with van der Waals surface area (Å²) in [5.41, 5.74) is 1.30. The number of piperidine rings is 1. The van der Waals surface area contributed by atoms with Crippen LogP contribution in [0.4, 0.5) is 0 Å². The van der Waals surface area contributed by atoms with Gasteiger partial charge >= 0.3 is 0 Å². The standard InChI is InChI=1S/C14H19NO/c1-2-13-8-9-15(11-14(13)16)10-12-6-4-3-5-7-12/h3-7,13H,2,8-11H2,1H3/t13-/m1/s1. The van der Waals surface area contributed by atoms with Crippen molar-refractivity contribution in [2.45, 2.75) is 26.3 Å². The number of likely N-dealkylation sites (tertiary alicyclic amines) is 1. The average molecular weight is 217 g/mol. The van der Waals surface area contributed by atoms with Crippen LogP contribution in [0.1, 0.15) is 25.3 Å². The number of ketones is 1. The molecule has 1 heterocycles. The fraction of sp³-hybridized carbons (Fsp3) is 0.500. The third-order valence-corrected chi connectivity index (χ3v) is 3.37. The van der Waals surface area contributed by atoms with Crippen molar-refractivity contribution in [1.29, 1.82) is 0 Å². The third-order valence-electron chi connectivity index (χ3n) is 3.37. The molecule has 86 valence electrons. The van der Waals surface area contributed by atoms with Crippen LogP contribution in [-0.4, -0.2) is 23.8 Å². The number of rotatable bonds is 3. The lowest BCUT2D eigenvalue weighted by molar-refractivity contribution is -0.127. The van der Waals surface area contributed by atoms with Gasteiger partial charge in [-0.25, -0.2) is 0 Å². The lowest BCUT2D eigenvalue weighted by atomic mass is 9.93. The van der Waals surface area contributed by atoms with Crippen LogP contribution in [0.5, 0.6) is 0 Å². The Hall–Kier alpha value is -1.15. The zero-order valence-corrected chi connectivity index (χ0v) is 9.86. The van der Waals surface area contributed by atoms with E-state index in [0.29, 0.717) is 18.2 Å². The van der Waals surface area contributed by atoms with Gasteiger partial charge in [-0.3, -0.25) is 9.69 Å². The summed E-state index contributed by atoms with van der Waals surface area (Å²) in [5.74, 6) is 0.733. The number of hydrogen-bond donors (Lipinski definition) is 0. The van der Waals surface area contributed by atoms with Gasteiger partial charge in [0.1, 0.15) is 5.78 Å². The monoisotopic (exact) mass is 217 g/mol. The maximum Gasteiger partial charge on any atom is 0.149 e. The summed E-state index contributed by atoms with van der Waals surface area (Å²) in [5, 5.41) is 0. The highest BCUT2D eigenvalue weighted by atomic mass is 16.1. The van der Waals surface area contributed by atoms with Gasteiger partial charge in [0, 0.05) is 12.5 Å². The molecule has 1 fully saturated rings. The fourth-order valence-electron chi connectivity index (χ4n) is 2.34. The van der Waals surface area contributed by atoms with Crippen molar-refractivity contribution in [3.05, 3.63) is 35.9 Å². The van der Waals surface area contributed by atoms with Gasteiger partial charge in [-0.15, -0.1) is 0 Å². The van der Waals surface area contributed by atoms with Crippen molar-refractivity contribution in [2.24, 2.45) is 5.92 Å². The van der Waals surface area contributed by atoms with E-state index in [-0.39, 0.29) is 0 Å². The van der Waals surface area contributed by atoms with Gasteiger partial charge in [-0.2, -0.15) is 0 Å². The molecular formula is C14H19NO. The molecule has 0 radical (unpaired) electrons. The van der Waals surface area contributed by atoms with Crippen molar-refractivity contribution in [3.63, 3.8) is 0 Å². The molecule has 0 aromatic heterocycles. The summed E-state index contributed by atoms with van der Waals surface area (Å²) < 4.78 is 0. The van der Waals surface area contributed by atoms with Crippen molar-refractivity contribution >= 4 is 5.78 Å². The average Bonchev–Trinajstić information content (AvgIpc) is 2.31. The quantitative estimate of drug-likeness (QED) is 0.775. The molecule has 0 N–H and O–H groups in total. The maximum absolute atomic E-state index is 11.8. The van der Waals surface area contributed by atoms with Gasteiger partial charge in [0.2, 0.25) is 0 Å². The molecule has 1 atom stereocenters. The van der Waals surface area contributed by atoms with Gasteiger partial charge in [0.05, 0.1) is 6.54 Å². The molecule has 1 aromatic carbocycles. The number of carbonyl (C=O) groups excluding carboxylic acids is 1. The third kappa shape index (κ3) is 2.70. The smallest absolute Gasteiger partial charge is 0.149 e. The molecule has 0 spiro atoms. The van der Waals surface area contributed by atoms with Crippen LogP contribution in [0.2, 0.25) is 0 Å². The van der Waals surface area contributed by atoms with Gasteiger partial charge in [-0.1, -0.05) is 37.3 Å². The van der Waals surface area contributed by atoms with E-state index in [1.165, 1.54) is 5.56 Å². The Balaban J connectivity index is 1.91. The second-order valence-corrected chi connectivity index (χ2v) is 4.56. The molecular weight excluding hydrogens is 198 g/mol. The normalized spacial score (nSPS) is 22.3. The fourth-order valence-corrected chi connectivity index (χ4v) is 2.34. The summed E-state index contributed by atoms with van der Waals surface area (Å²) >= 11 is 0. The number of Topliss-reactive ketones (excluding diaryl/α,β-unsaturated/α-hetero) is 1. The largest absolute Gasteiger partial charge is 0.298 e. The van der Waals surface area contributed by atoms with Gasteiger partial charge in [-0.05, 0) is 24.9 Å². The molecule has 1 aromatic rings. The van der Waals surface area contributed by atoms with E-state index >= 15 is 0 Å². The Morgan fingerprint density at radius 1 is 1.31 bits per heavy atom. The van der Waals surface area contributed by atoms with Gasteiger partial charge in [0.15, 0.2) is 0 Å². The van der Waals surface area contributed by atoms with E-state index in [1.807, 2.05) is 6.07 Å². The lowest BCUT2D eigenvalue weighted by Crippen LogP contribution is -2.40. The predicted octanol–water partition coefficient (Wildman–Crippen LogP) is 2.49. The zero-order chi connectivity index (χ0) is 11.4. The molecule has 0 aliphatic carbocycles. The molecule has 1 aliphatic rings. The topological polar surface area (TPSA) is 20.3 Å². The summed E-state index contributed by atoms with van der Waals surface area (Å²) in [6.45, 7) is 4.70. The molecule has 0 amide bonds. The predicted molar refractivity (Wildman–Crippen MR) is 65.1 cm³/mol. The minimum absolute atomic E-state index is 0.312. The maximum atomic E-state index is 11.8. The molecule has 0 bridgehead atoms. The van der Waals surface area contributed by atoms with Crippen LogP contribution in [-0.2, 0) is 11.3 Å². The first-order chi connectivity index (χ1) is 7.79. The van der Waals surface area contributed by atoms with Crippen molar-refractivity contribution in [2.75, 3.05) is 13.1 Å². The van der Waals surface area contributed by atoms with Crippen molar-refractivity contribution in [1.82, 2.24) is 4.90 Å². The second kappa shape index (κ2) is 5.26. The molecule has 2 heteroatoms. The van der Waals surface area contributed by atoms with E-state index in [1.54, 1.807) is 0 Å². The number of benzene rings is 1. The molecule has 1 aliphatic heterocycles. The van der Waals surface area contributed by atoms with E-state index in [0.717, 1.165) is 25.9 Å². The van der Waals surface area contributed by atoms with Crippen LogP contribution >= 0.6 is 0 Å². The van der Waals surface area contributed by atoms with Crippen LogP contribution in [0.3, 0.4) is 0 Å². The van der Waals surface area contributed by atoms with Gasteiger partial charge in [0.25, 0.3) is 0 Å². The Morgan fingerprint density at radius 3 is 2.69 bits per heavy atom. The number of carbonyl (C=O) groups is 1. The lowest BCUT2D eigenvalue weighted by Gasteiger charge is -2.30. The van der Waals surface area contributed by atoms with Crippen LogP contribution in [0.15, 0.2) is 30.3 Å². The Bertz CT molecular complexity index is 347. The molecule has 16 heavy (non-hydrogen) atoms. The Labute approximate surface area is 97.3 Å². The summed E-state index contributed by atoms with van der Waals surface area (Å²) in [6, 6.07) is 10.4. The first kappa shape index (κ1) is 11.3. The minimum atomic E-state index is 0.312. The summed E-state index contributed by atoms with van der Waals surface area (Å²) in [4.78, 5) is 14.0. The number of nitrogens with zero attached hydrogens (tertiary/aromatic N) is 1. The molecule has 0 unspecified atom stereocenters. The molecule has 2 nitrogen and oxygen atoms in total. The Morgan fingerprint density at radius 2 is 2.06 bits per heavy atom. The molecule has 2 rings (SSSR count). The van der Waals surface area contributed by atoms with Gasteiger partial charge < -0.3 is 0 Å². The molecule has 0 saturated carbocycles. The SMILES string of the molecule is CC[C@@H]1CCN(Cc2ccccc2)CC1=O. The van der Waals surface area contributed by atoms with Crippen LogP contribution in [0.25, 0.3) is 0 Å². The van der Waals surface area contributed by atoms with E-state index < -0.39 is 0 Å². The molecule has 1 saturated heterocycles. The van der Waals surface area contributed by atoms with Crippen molar-refractivity contribution in [3.8, 4) is 0 Å². The van der Waals surface area contributed by atoms with E-state index in [2.05, 4.69) is 36.1 Å². The van der Waals surface area contributed by atoms with E-state index in [4.69, 9.17) is 0 Å². The first-order valence-electron chi connectivity index (χ1n) is 6.08. The summed E-state index contributed by atoms with van der Waals surface area (Å²) in [6.07, 6.45) is 2.03. The van der Waals surface area contributed by atoms with E-state index in [9.17, 15) is 4.79 Å². The summed E-state index contributed by atoms with van der Waals surface area (Å²) in [7, 11) is 0. The minimum Gasteiger partial charge on any atom is -0.298 e. The highest BCUT2D eigenvalue weighted by molar-refractivity contribution is 5.83. The highest BCUT2D eigenvalue weighted by Crippen LogP contribution is 2.18. The zero-order valence-electron chi connectivity index (χ0n) is 9.86. The van der Waals surface area contributed by atoms with Crippen LogP contribution in [0, 0.1) is 5.92 Å². The van der Waals surface area contributed by atoms with Crippen LogP contribution < -0.4 is 0 Å². The Kier molecular flexibility index (Phi) is 3.73. The highest BCUT2D eigenvalue weighted by Gasteiger charge is 2.25. The second-order valence-electron chi connectivity index (χ2n) is 4.56. The van der Waals surface area contributed by atoms with Crippen molar-refractivity contribution < 1.29 is 4.79 Å². The first-order valence-corrected chi connectivity index (χ1v) is 6.08.